The van der Waals surface area contributed by atoms with Gasteiger partial charge >= 0.3 is 18.1 Å². The fourth-order valence-corrected chi connectivity index (χ4v) is 10.7. The van der Waals surface area contributed by atoms with Gasteiger partial charge in [0.2, 0.25) is 12.7 Å². The number of fused-ring (bicyclic) bond motifs is 10. The van der Waals surface area contributed by atoms with Crippen LogP contribution >= 0.6 is 11.8 Å². The number of ether oxygens (including phenoxy) is 5. The Morgan fingerprint density at radius 3 is 2.48 bits per heavy atom. The van der Waals surface area contributed by atoms with Crippen LogP contribution in [0.2, 0.25) is 0 Å². The predicted octanol–water partition coefficient (Wildman–Crippen LogP) is 5.45. The number of esters is 2. The first-order chi connectivity index (χ1) is 27.6. The highest BCUT2D eigenvalue weighted by molar-refractivity contribution is 7.99. The normalized spacial score (nSPS) is 26.2. The number of carbonyl (C=O) groups is 3. The number of halogens is 3. The first-order valence-corrected chi connectivity index (χ1v) is 19.6. The maximum atomic E-state index is 13.9. The summed E-state index contributed by atoms with van der Waals surface area (Å²) in [5, 5.41) is 25.0. The van der Waals surface area contributed by atoms with Crippen LogP contribution in [0.5, 0.6) is 28.7 Å². The van der Waals surface area contributed by atoms with Crippen molar-refractivity contribution in [2.75, 3.05) is 33.3 Å². The summed E-state index contributed by atoms with van der Waals surface area (Å²) in [6.07, 6.45) is -1.63. The second-order valence-corrected chi connectivity index (χ2v) is 16.1. The second-order valence-electron chi connectivity index (χ2n) is 14.9. The van der Waals surface area contributed by atoms with E-state index in [1.165, 1.54) is 44.0 Å². The van der Waals surface area contributed by atoms with Crippen molar-refractivity contribution in [3.8, 4) is 34.8 Å². The van der Waals surface area contributed by atoms with Gasteiger partial charge in [0.05, 0.1) is 36.1 Å². The number of hydrogen-bond donors (Lipinski definition) is 2. The van der Waals surface area contributed by atoms with Crippen molar-refractivity contribution < 1.29 is 56.3 Å². The molecule has 0 aromatic heterocycles. The zero-order chi connectivity index (χ0) is 41.4. The molecule has 6 aliphatic heterocycles. The van der Waals surface area contributed by atoms with E-state index >= 15 is 0 Å². The maximum absolute atomic E-state index is 13.9. The highest BCUT2D eigenvalue weighted by Crippen LogP contribution is 2.64. The number of nitrogens with zero attached hydrogens (tertiary/aromatic N) is 3. The number of likely N-dealkylation sites (N-methyl/N-ethyl adjacent to an activating group) is 1. The Balaban J connectivity index is 1.25. The van der Waals surface area contributed by atoms with E-state index in [0.29, 0.717) is 51.5 Å². The van der Waals surface area contributed by atoms with Crippen LogP contribution in [0.1, 0.15) is 68.8 Å². The van der Waals surface area contributed by atoms with Gasteiger partial charge < -0.3 is 34.1 Å². The van der Waals surface area contributed by atoms with E-state index in [2.05, 4.69) is 16.3 Å². The predicted molar refractivity (Wildman–Crippen MR) is 202 cm³/mol. The Labute approximate surface area is 335 Å². The SMILES string of the molecule is COc1c(C)cc2c(c1O)[C@H]1C3[C@@H]4SC[C@H](NC(=O)/C=C/c5ccc(C(F)(F)F)cc5)C(=O)OC[C@H](c5c6c(c(C)c(OC(C)=O)c54)OCO6)N3[C@@H](C#N)[C@H](C2)N1C. The molecule has 2 N–H and O–H groups in total. The lowest BCUT2D eigenvalue weighted by Gasteiger charge is -2.61. The molecule has 9 rings (SSSR count). The molecule has 0 aliphatic carbocycles. The molecule has 1 unspecified atom stereocenters. The Bertz CT molecular complexity index is 2300. The first kappa shape index (κ1) is 39.4. The quantitative estimate of drug-likeness (QED) is 0.190. The Morgan fingerprint density at radius 1 is 1.09 bits per heavy atom. The summed E-state index contributed by atoms with van der Waals surface area (Å²) in [6, 6.07) is 4.44. The van der Waals surface area contributed by atoms with Crippen molar-refractivity contribution in [3.05, 3.63) is 80.9 Å². The molecule has 58 heavy (non-hydrogen) atoms. The average Bonchev–Trinajstić information content (AvgIpc) is 3.67. The number of aromatic hydroxyl groups is 1. The number of phenolic OH excluding ortho intramolecular Hbond substituents is 1. The lowest BCUT2D eigenvalue weighted by molar-refractivity contribution is -0.152. The molecule has 3 aromatic carbocycles. The monoisotopic (exact) mass is 820 g/mol. The fourth-order valence-electron chi connectivity index (χ4n) is 9.24. The van der Waals surface area contributed by atoms with Crippen LogP contribution in [0.15, 0.2) is 36.4 Å². The van der Waals surface area contributed by atoms with Crippen molar-refractivity contribution in [1.82, 2.24) is 15.1 Å². The molecular weight excluding hydrogens is 782 g/mol. The molecule has 304 valence electrons. The maximum Gasteiger partial charge on any atom is 0.416 e. The minimum atomic E-state index is -4.51. The summed E-state index contributed by atoms with van der Waals surface area (Å²) >= 11 is 1.28. The average molecular weight is 821 g/mol. The number of piperazine rings is 1. The van der Waals surface area contributed by atoms with E-state index < -0.39 is 65.0 Å². The number of carbonyl (C=O) groups excluding carboxylic acids is 3. The van der Waals surface area contributed by atoms with Crippen LogP contribution in [0, 0.1) is 25.2 Å². The van der Waals surface area contributed by atoms with Gasteiger partial charge in [-0.1, -0.05) is 18.2 Å². The smallest absolute Gasteiger partial charge is 0.416 e. The third kappa shape index (κ3) is 6.38. The fraction of sp³-hybridized carbons (Fsp3) is 0.415. The van der Waals surface area contributed by atoms with Gasteiger partial charge in [-0.3, -0.25) is 19.4 Å². The van der Waals surface area contributed by atoms with Crippen LogP contribution in [0.4, 0.5) is 13.2 Å². The zero-order valence-corrected chi connectivity index (χ0v) is 32.8. The molecule has 0 spiro atoms. The molecule has 2 saturated heterocycles. The Morgan fingerprint density at radius 2 is 1.81 bits per heavy atom. The molecule has 2 fully saturated rings. The molecule has 0 radical (unpaired) electrons. The van der Waals surface area contributed by atoms with E-state index in [-0.39, 0.29) is 36.7 Å². The number of benzene rings is 3. The highest BCUT2D eigenvalue weighted by Gasteiger charge is 2.60. The molecule has 7 atom stereocenters. The number of aryl methyl sites for hydroxylation is 1. The van der Waals surface area contributed by atoms with Crippen molar-refractivity contribution >= 4 is 35.7 Å². The minimum Gasteiger partial charge on any atom is -0.504 e. The minimum absolute atomic E-state index is 0.0279. The van der Waals surface area contributed by atoms with E-state index in [0.717, 1.165) is 29.3 Å². The van der Waals surface area contributed by atoms with Crippen molar-refractivity contribution in [3.63, 3.8) is 0 Å². The van der Waals surface area contributed by atoms with Crippen LogP contribution in [-0.2, 0) is 31.7 Å². The first-order valence-electron chi connectivity index (χ1n) is 18.5. The largest absolute Gasteiger partial charge is 0.504 e. The molecule has 0 saturated carbocycles. The van der Waals surface area contributed by atoms with Crippen LogP contribution in [-0.4, -0.2) is 90.2 Å². The molecule has 1 amide bonds. The van der Waals surface area contributed by atoms with Crippen LogP contribution in [0.3, 0.4) is 0 Å². The molecule has 4 bridgehead atoms. The second kappa shape index (κ2) is 14.7. The number of methoxy groups -OCH3 is 1. The third-order valence-electron chi connectivity index (χ3n) is 11.6. The van der Waals surface area contributed by atoms with E-state index in [1.807, 2.05) is 24.9 Å². The number of hydrogen-bond acceptors (Lipinski definition) is 13. The van der Waals surface area contributed by atoms with E-state index in [4.69, 9.17) is 23.7 Å². The van der Waals surface area contributed by atoms with Crippen molar-refractivity contribution in [1.29, 1.82) is 5.26 Å². The van der Waals surface area contributed by atoms with E-state index in [1.54, 1.807) is 6.92 Å². The van der Waals surface area contributed by atoms with Gasteiger partial charge in [-0.2, -0.15) is 18.4 Å². The third-order valence-corrected chi connectivity index (χ3v) is 13.0. The summed E-state index contributed by atoms with van der Waals surface area (Å²) in [4.78, 5) is 44.1. The lowest BCUT2D eigenvalue weighted by Crippen LogP contribution is -2.69. The van der Waals surface area contributed by atoms with Gasteiger partial charge in [0.25, 0.3) is 0 Å². The number of amides is 1. The number of thioether (sulfide) groups is 1. The summed E-state index contributed by atoms with van der Waals surface area (Å²) in [6.45, 7) is 4.46. The zero-order valence-electron chi connectivity index (χ0n) is 32.0. The van der Waals surface area contributed by atoms with E-state index in [9.17, 15) is 37.9 Å². The summed E-state index contributed by atoms with van der Waals surface area (Å²) in [5.74, 6) is -0.814. The Kier molecular flexibility index (Phi) is 10.0. The van der Waals surface area contributed by atoms with Gasteiger partial charge in [0, 0.05) is 53.1 Å². The Hall–Kier alpha value is -5.44. The summed E-state index contributed by atoms with van der Waals surface area (Å²) in [5.41, 5.74) is 3.36. The van der Waals surface area contributed by atoms with Gasteiger partial charge in [-0.15, -0.1) is 11.8 Å². The number of phenols is 1. The number of nitriles is 1. The van der Waals surface area contributed by atoms with Gasteiger partial charge in [0.1, 0.15) is 24.4 Å². The standard InChI is InChI=1S/C41H39F3N4O9S/c1-18-12-22-13-25-26(14-45)48-27-15-54-40(52)24(46-28(50)11-8-21-6-9-23(10-7-21)41(42,43)44)16-58-39(33(48)32(47(25)4)29(22)34(51)35(18)53-5)31-30(27)38-37(55-17-56-38)19(2)36(31)57-20(3)49/h6-12,24-27,32-33,39,51H,13,15-17H2,1-5H3,(H,46,50)/b11-8+/t24-,25-,26-,27+,32-,33?,39+/m0/s1. The van der Waals surface area contributed by atoms with Crippen molar-refractivity contribution in [2.24, 2.45) is 0 Å². The highest BCUT2D eigenvalue weighted by atomic mass is 32.2. The van der Waals surface area contributed by atoms with Crippen LogP contribution < -0.4 is 24.3 Å². The van der Waals surface area contributed by atoms with Crippen molar-refractivity contribution in [2.45, 2.75) is 74.9 Å². The topological polar surface area (TPSA) is 160 Å². The van der Waals surface area contributed by atoms with Crippen LogP contribution in [0.25, 0.3) is 6.08 Å². The van der Waals surface area contributed by atoms with Gasteiger partial charge in [-0.25, -0.2) is 4.79 Å². The number of alkyl halides is 3. The molecule has 6 heterocycles. The molecule has 13 nitrogen and oxygen atoms in total. The number of rotatable bonds is 5. The summed E-state index contributed by atoms with van der Waals surface area (Å²) in [7, 11) is 3.40. The van der Waals surface area contributed by atoms with Gasteiger partial charge in [-0.05, 0) is 62.2 Å². The molecule has 6 aliphatic rings. The number of nitrogens with one attached hydrogen (secondary N) is 1. The molecular formula is C41H39F3N4O9S. The lowest BCUT2D eigenvalue weighted by atomic mass is 9.71. The van der Waals surface area contributed by atoms with Gasteiger partial charge in [0.15, 0.2) is 23.0 Å². The molecule has 3 aromatic rings. The summed E-state index contributed by atoms with van der Waals surface area (Å²) < 4.78 is 69.0. The molecule has 17 heteroatoms.